The number of rotatable bonds is 0. The topological polar surface area (TPSA) is 60.9 Å². The molecular formula is C12H15N3O3S. The third-order valence-corrected chi connectivity index (χ3v) is 5.30. The smallest absolute Gasteiger partial charge is 0.259 e. The number of amides is 3. The van der Waals surface area contributed by atoms with Crippen LogP contribution in [0.5, 0.6) is 0 Å². The van der Waals surface area contributed by atoms with Crippen molar-refractivity contribution in [2.24, 2.45) is 0 Å². The van der Waals surface area contributed by atoms with Gasteiger partial charge in [0.2, 0.25) is 11.8 Å². The fourth-order valence-corrected chi connectivity index (χ4v) is 4.72. The van der Waals surface area contributed by atoms with Gasteiger partial charge in [0.15, 0.2) is 0 Å². The van der Waals surface area contributed by atoms with Crippen molar-refractivity contribution in [3.63, 3.8) is 0 Å². The molecule has 3 heterocycles. The lowest BCUT2D eigenvalue weighted by atomic mass is 10.2. The molecule has 7 heteroatoms. The van der Waals surface area contributed by atoms with E-state index in [1.165, 1.54) is 23.6 Å². The average Bonchev–Trinajstić information content (AvgIpc) is 2.83. The number of hydrogen-bond donors (Lipinski definition) is 0. The van der Waals surface area contributed by atoms with Gasteiger partial charge in [-0.25, -0.2) is 0 Å². The molecule has 2 fully saturated rings. The Morgan fingerprint density at radius 3 is 2.47 bits per heavy atom. The van der Waals surface area contributed by atoms with Crippen LogP contribution in [0.4, 0.5) is 0 Å². The molecule has 3 rings (SSSR count). The predicted molar refractivity (Wildman–Crippen MR) is 69.2 cm³/mol. The molecule has 102 valence electrons. The Morgan fingerprint density at radius 2 is 1.89 bits per heavy atom. The second-order valence-corrected chi connectivity index (χ2v) is 6.09. The number of allylic oxidation sites excluding steroid dienone is 1. The molecule has 3 amide bonds. The third kappa shape index (κ3) is 1.17. The summed E-state index contributed by atoms with van der Waals surface area (Å²) in [5, 5.41) is 0.820. The van der Waals surface area contributed by atoms with Crippen LogP contribution in [0, 0.1) is 0 Å². The van der Waals surface area contributed by atoms with Crippen molar-refractivity contribution in [2.75, 3.05) is 0 Å². The zero-order chi connectivity index (χ0) is 14.1. The third-order valence-electron chi connectivity index (χ3n) is 3.95. The highest BCUT2D eigenvalue weighted by Crippen LogP contribution is 2.55. The first kappa shape index (κ1) is 12.5. The molecular weight excluding hydrogens is 266 g/mol. The molecule has 0 aromatic heterocycles. The number of nitrogens with zero attached hydrogens (tertiary/aromatic N) is 3. The molecule has 0 radical (unpaired) electrons. The minimum absolute atomic E-state index is 0.134. The molecule has 1 spiro atoms. The number of carbonyl (C=O) groups excluding carboxylic acids is 3. The van der Waals surface area contributed by atoms with Gasteiger partial charge in [0, 0.05) is 12.6 Å². The zero-order valence-electron chi connectivity index (χ0n) is 11.2. The van der Waals surface area contributed by atoms with Gasteiger partial charge in [-0.15, -0.1) is 0 Å². The second kappa shape index (κ2) is 3.53. The number of hydrogen-bond acceptors (Lipinski definition) is 4. The van der Waals surface area contributed by atoms with Crippen LogP contribution in [0.15, 0.2) is 11.1 Å². The summed E-state index contributed by atoms with van der Waals surface area (Å²) < 4.78 is 0. The van der Waals surface area contributed by atoms with Gasteiger partial charge in [0.05, 0.1) is 0 Å². The zero-order valence-corrected chi connectivity index (χ0v) is 12.0. The van der Waals surface area contributed by atoms with E-state index < -0.39 is 17.2 Å². The molecule has 0 aromatic rings. The molecule has 3 unspecified atom stereocenters. The van der Waals surface area contributed by atoms with Gasteiger partial charge < -0.3 is 0 Å². The Labute approximate surface area is 115 Å². The summed E-state index contributed by atoms with van der Waals surface area (Å²) in [5.74, 6) is -0.509. The van der Waals surface area contributed by atoms with Gasteiger partial charge in [0.1, 0.15) is 12.1 Å². The van der Waals surface area contributed by atoms with Crippen molar-refractivity contribution in [2.45, 2.75) is 44.9 Å². The standard InChI is InChI=1S/C12H15N3O3S/c1-6-5-19-12-13(6)10(17)8(3)15(12)11(18)7(2)14(12)9(4)16/h5,7-8H,1-4H3. The van der Waals surface area contributed by atoms with E-state index in [1.54, 1.807) is 23.6 Å². The minimum Gasteiger partial charge on any atom is -0.281 e. The fourth-order valence-electron chi connectivity index (χ4n) is 3.19. The summed E-state index contributed by atoms with van der Waals surface area (Å²) in [6.07, 6.45) is 0. The van der Waals surface area contributed by atoms with Crippen molar-refractivity contribution in [3.8, 4) is 0 Å². The lowest BCUT2D eigenvalue weighted by molar-refractivity contribution is -0.141. The Kier molecular flexibility index (Phi) is 2.33. The van der Waals surface area contributed by atoms with Crippen LogP contribution in [-0.4, -0.2) is 49.6 Å². The van der Waals surface area contributed by atoms with E-state index in [4.69, 9.17) is 0 Å². The molecule has 2 saturated heterocycles. The highest BCUT2D eigenvalue weighted by Gasteiger charge is 2.70. The Bertz CT molecular complexity index is 542. The summed E-state index contributed by atoms with van der Waals surface area (Å²) >= 11 is 1.34. The minimum atomic E-state index is -1.01. The van der Waals surface area contributed by atoms with Gasteiger partial charge >= 0.3 is 0 Å². The predicted octanol–water partition coefficient (Wildman–Crippen LogP) is 0.516. The molecule has 3 aliphatic heterocycles. The number of thioether (sulfide) groups is 1. The number of carbonyl (C=O) groups is 3. The first-order chi connectivity index (χ1) is 8.84. The van der Waals surface area contributed by atoms with Crippen LogP contribution in [0.25, 0.3) is 0 Å². The highest BCUT2D eigenvalue weighted by atomic mass is 32.2. The van der Waals surface area contributed by atoms with Crippen molar-refractivity contribution in [1.29, 1.82) is 0 Å². The molecule has 0 N–H and O–H groups in total. The molecule has 3 atom stereocenters. The van der Waals surface area contributed by atoms with E-state index in [2.05, 4.69) is 0 Å². The van der Waals surface area contributed by atoms with Gasteiger partial charge in [-0.05, 0) is 26.2 Å². The van der Waals surface area contributed by atoms with Crippen LogP contribution in [0.2, 0.25) is 0 Å². The van der Waals surface area contributed by atoms with Crippen LogP contribution in [0.3, 0.4) is 0 Å². The van der Waals surface area contributed by atoms with Crippen molar-refractivity contribution >= 4 is 29.5 Å². The van der Waals surface area contributed by atoms with E-state index in [9.17, 15) is 14.4 Å². The molecule has 0 aromatic carbocycles. The highest BCUT2D eigenvalue weighted by molar-refractivity contribution is 8.03. The summed E-state index contributed by atoms with van der Waals surface area (Å²) in [6.45, 7) is 6.68. The van der Waals surface area contributed by atoms with E-state index >= 15 is 0 Å². The van der Waals surface area contributed by atoms with Gasteiger partial charge in [-0.1, -0.05) is 11.8 Å². The monoisotopic (exact) mass is 281 g/mol. The van der Waals surface area contributed by atoms with Gasteiger partial charge in [-0.2, -0.15) is 0 Å². The molecule has 0 bridgehead atoms. The summed E-state index contributed by atoms with van der Waals surface area (Å²) in [4.78, 5) is 41.4. The SMILES string of the molecule is CC(=O)N1C(C)C(=O)N2C(C)C(=O)N3C(C)=CSC312. The van der Waals surface area contributed by atoms with Crippen LogP contribution in [-0.2, 0) is 14.4 Å². The van der Waals surface area contributed by atoms with Crippen molar-refractivity contribution in [1.82, 2.24) is 14.7 Å². The lowest BCUT2D eigenvalue weighted by Gasteiger charge is -2.39. The van der Waals surface area contributed by atoms with E-state index in [0.29, 0.717) is 0 Å². The maximum atomic E-state index is 12.4. The van der Waals surface area contributed by atoms with Crippen molar-refractivity contribution in [3.05, 3.63) is 11.1 Å². The molecule has 0 aliphatic carbocycles. The summed E-state index contributed by atoms with van der Waals surface area (Å²) in [7, 11) is 0. The fraction of sp³-hybridized carbons (Fsp3) is 0.583. The Hall–Kier alpha value is -1.50. The first-order valence-corrected chi connectivity index (χ1v) is 7.03. The van der Waals surface area contributed by atoms with E-state index in [0.717, 1.165) is 5.70 Å². The van der Waals surface area contributed by atoms with Crippen molar-refractivity contribution < 1.29 is 14.4 Å². The normalized spacial score (nSPS) is 36.8. The van der Waals surface area contributed by atoms with Gasteiger partial charge in [-0.3, -0.25) is 29.1 Å². The maximum absolute atomic E-state index is 12.4. The second-order valence-electron chi connectivity index (χ2n) is 5.07. The summed E-state index contributed by atoms with van der Waals surface area (Å²) in [6, 6.07) is -1.07. The lowest BCUT2D eigenvalue weighted by Crippen LogP contribution is -2.57. The quantitative estimate of drug-likeness (QED) is 0.649. The van der Waals surface area contributed by atoms with E-state index in [-0.39, 0.29) is 17.7 Å². The molecule has 0 saturated carbocycles. The molecule has 3 aliphatic rings. The molecule has 6 nitrogen and oxygen atoms in total. The summed E-state index contributed by atoms with van der Waals surface area (Å²) in [5.41, 5.74) is 0.775. The van der Waals surface area contributed by atoms with Crippen LogP contribution >= 0.6 is 11.8 Å². The maximum Gasteiger partial charge on any atom is 0.259 e. The first-order valence-electron chi connectivity index (χ1n) is 6.15. The van der Waals surface area contributed by atoms with E-state index in [1.807, 2.05) is 12.3 Å². The van der Waals surface area contributed by atoms with Gasteiger partial charge in [0.25, 0.3) is 11.0 Å². The Balaban J connectivity index is 2.22. The Morgan fingerprint density at radius 1 is 1.26 bits per heavy atom. The van der Waals surface area contributed by atoms with Crippen LogP contribution < -0.4 is 0 Å². The largest absolute Gasteiger partial charge is 0.281 e. The average molecular weight is 281 g/mol. The molecule has 19 heavy (non-hydrogen) atoms. The van der Waals surface area contributed by atoms with Crippen LogP contribution in [0.1, 0.15) is 27.7 Å².